The first-order chi connectivity index (χ1) is 8.32. The number of hydrogen-bond acceptors (Lipinski definition) is 5. The zero-order valence-electron chi connectivity index (χ0n) is 9.84. The molecule has 0 aliphatic carbocycles. The summed E-state index contributed by atoms with van der Waals surface area (Å²) < 4.78 is 33.9. The molecule has 1 unspecified atom stereocenters. The van der Waals surface area contributed by atoms with E-state index in [1.165, 1.54) is 19.1 Å². The van der Waals surface area contributed by atoms with Gasteiger partial charge in [0, 0.05) is 6.26 Å². The number of fused-ring (bicyclic) bond motifs is 1. The van der Waals surface area contributed by atoms with Crippen LogP contribution in [0.4, 0.5) is 0 Å². The number of carboxylic acids is 1. The minimum Gasteiger partial charge on any atom is -0.481 e. The van der Waals surface area contributed by atoms with Gasteiger partial charge in [-0.25, -0.2) is 8.42 Å². The lowest BCUT2D eigenvalue weighted by Crippen LogP contribution is -2.13. The quantitative estimate of drug-likeness (QED) is 0.883. The second-order valence-corrected chi connectivity index (χ2v) is 6.00. The smallest absolute Gasteiger partial charge is 0.310 e. The van der Waals surface area contributed by atoms with Gasteiger partial charge >= 0.3 is 5.97 Å². The average molecular weight is 272 g/mol. The van der Waals surface area contributed by atoms with Crippen molar-refractivity contribution in [2.24, 2.45) is 0 Å². The van der Waals surface area contributed by atoms with E-state index in [9.17, 15) is 13.2 Å². The highest BCUT2D eigenvalue weighted by molar-refractivity contribution is 7.90. The first-order valence-electron chi connectivity index (χ1n) is 5.17. The van der Waals surface area contributed by atoms with E-state index in [4.69, 9.17) is 14.6 Å². The fourth-order valence-corrected chi connectivity index (χ4v) is 2.99. The maximum absolute atomic E-state index is 11.8. The van der Waals surface area contributed by atoms with Crippen molar-refractivity contribution in [1.82, 2.24) is 0 Å². The molecule has 1 aliphatic rings. The Morgan fingerprint density at radius 3 is 2.61 bits per heavy atom. The topological polar surface area (TPSA) is 89.9 Å². The summed E-state index contributed by atoms with van der Waals surface area (Å²) in [5, 5.41) is 9.01. The molecule has 0 aromatic heterocycles. The van der Waals surface area contributed by atoms with Gasteiger partial charge in [0.1, 0.15) is 4.90 Å². The number of benzene rings is 1. The third-order valence-electron chi connectivity index (χ3n) is 2.73. The SMILES string of the molecule is CC(C(=O)O)c1ccc2c(c1S(C)(=O)=O)OCO2. The summed E-state index contributed by atoms with van der Waals surface area (Å²) in [4.78, 5) is 10.9. The van der Waals surface area contributed by atoms with Crippen LogP contribution in [0.3, 0.4) is 0 Å². The molecule has 1 aromatic rings. The lowest BCUT2D eigenvalue weighted by molar-refractivity contribution is -0.138. The van der Waals surface area contributed by atoms with Crippen molar-refractivity contribution in [2.75, 3.05) is 13.0 Å². The van der Waals surface area contributed by atoms with Crippen molar-refractivity contribution in [2.45, 2.75) is 17.7 Å². The fourth-order valence-electron chi connectivity index (χ4n) is 1.82. The monoisotopic (exact) mass is 272 g/mol. The molecule has 1 aliphatic heterocycles. The zero-order valence-corrected chi connectivity index (χ0v) is 10.7. The van der Waals surface area contributed by atoms with Crippen LogP contribution in [0.1, 0.15) is 18.4 Å². The molecule has 0 fully saturated rings. The summed E-state index contributed by atoms with van der Waals surface area (Å²) in [6, 6.07) is 2.97. The Labute approximate surface area is 104 Å². The second-order valence-electron chi connectivity index (χ2n) is 4.05. The summed E-state index contributed by atoms with van der Waals surface area (Å²) in [5.74, 6) is -1.62. The van der Waals surface area contributed by atoms with Gasteiger partial charge in [0.05, 0.1) is 5.92 Å². The van der Waals surface area contributed by atoms with Crippen molar-refractivity contribution < 1.29 is 27.8 Å². The lowest BCUT2D eigenvalue weighted by Gasteiger charge is -2.13. The maximum atomic E-state index is 11.8. The number of ether oxygens (including phenoxy) is 2. The molecule has 0 saturated heterocycles. The van der Waals surface area contributed by atoms with Crippen molar-refractivity contribution in [3.63, 3.8) is 0 Å². The number of aliphatic carboxylic acids is 1. The highest BCUT2D eigenvalue weighted by atomic mass is 32.2. The molecule has 98 valence electrons. The molecule has 6 nitrogen and oxygen atoms in total. The van der Waals surface area contributed by atoms with Crippen LogP contribution in [0.15, 0.2) is 17.0 Å². The zero-order chi connectivity index (χ0) is 13.5. The van der Waals surface area contributed by atoms with E-state index in [-0.39, 0.29) is 23.0 Å². The van der Waals surface area contributed by atoms with Crippen LogP contribution in [0, 0.1) is 0 Å². The largest absolute Gasteiger partial charge is 0.481 e. The van der Waals surface area contributed by atoms with Crippen LogP contribution < -0.4 is 9.47 Å². The van der Waals surface area contributed by atoms with E-state index < -0.39 is 21.7 Å². The van der Waals surface area contributed by atoms with Gasteiger partial charge in [-0.15, -0.1) is 0 Å². The Morgan fingerprint density at radius 1 is 1.39 bits per heavy atom. The molecule has 0 radical (unpaired) electrons. The van der Waals surface area contributed by atoms with Crippen molar-refractivity contribution in [3.8, 4) is 11.5 Å². The second kappa shape index (κ2) is 4.16. The summed E-state index contributed by atoms with van der Waals surface area (Å²) >= 11 is 0. The van der Waals surface area contributed by atoms with Crippen LogP contribution in [0.25, 0.3) is 0 Å². The number of sulfone groups is 1. The van der Waals surface area contributed by atoms with Gasteiger partial charge in [-0.3, -0.25) is 4.79 Å². The number of carbonyl (C=O) groups is 1. The van der Waals surface area contributed by atoms with Crippen LogP contribution in [0.2, 0.25) is 0 Å². The molecule has 18 heavy (non-hydrogen) atoms. The minimum atomic E-state index is -3.61. The summed E-state index contributed by atoms with van der Waals surface area (Å²) in [6.45, 7) is 1.36. The van der Waals surface area contributed by atoms with Crippen molar-refractivity contribution in [3.05, 3.63) is 17.7 Å². The summed E-state index contributed by atoms with van der Waals surface area (Å²) in [7, 11) is -3.61. The summed E-state index contributed by atoms with van der Waals surface area (Å²) in [6.07, 6.45) is 1.02. The van der Waals surface area contributed by atoms with E-state index >= 15 is 0 Å². The van der Waals surface area contributed by atoms with Gasteiger partial charge in [0.2, 0.25) is 6.79 Å². The summed E-state index contributed by atoms with van der Waals surface area (Å²) in [5.41, 5.74) is 0.203. The van der Waals surface area contributed by atoms with Gasteiger partial charge in [0.15, 0.2) is 21.3 Å². The molecule has 2 rings (SSSR count). The Balaban J connectivity index is 2.72. The Hall–Kier alpha value is -1.76. The Morgan fingerprint density at radius 2 is 2.06 bits per heavy atom. The predicted molar refractivity (Wildman–Crippen MR) is 61.7 cm³/mol. The first kappa shape index (κ1) is 12.7. The molecule has 1 heterocycles. The van der Waals surface area contributed by atoms with E-state index in [1.807, 2.05) is 0 Å². The molecule has 7 heteroatoms. The third kappa shape index (κ3) is 2.01. The van der Waals surface area contributed by atoms with E-state index in [0.29, 0.717) is 5.75 Å². The van der Waals surface area contributed by atoms with Gasteiger partial charge < -0.3 is 14.6 Å². The van der Waals surface area contributed by atoms with E-state index in [1.54, 1.807) is 0 Å². The lowest BCUT2D eigenvalue weighted by atomic mass is 10.0. The molecule has 1 N–H and O–H groups in total. The van der Waals surface area contributed by atoms with Crippen molar-refractivity contribution in [1.29, 1.82) is 0 Å². The molecule has 0 saturated carbocycles. The van der Waals surface area contributed by atoms with Gasteiger partial charge in [0.25, 0.3) is 0 Å². The van der Waals surface area contributed by atoms with Gasteiger partial charge in [-0.1, -0.05) is 6.07 Å². The normalized spacial score (nSPS) is 15.4. The molecule has 0 amide bonds. The van der Waals surface area contributed by atoms with Crippen LogP contribution in [-0.4, -0.2) is 32.5 Å². The number of rotatable bonds is 3. The van der Waals surface area contributed by atoms with Crippen molar-refractivity contribution >= 4 is 15.8 Å². The van der Waals surface area contributed by atoms with E-state index in [2.05, 4.69) is 0 Å². The van der Waals surface area contributed by atoms with Crippen LogP contribution in [0.5, 0.6) is 11.5 Å². The van der Waals surface area contributed by atoms with E-state index in [0.717, 1.165) is 6.26 Å². The standard InChI is InChI=1S/C11H12O6S/c1-6(11(12)13)7-3-4-8-9(17-5-16-8)10(7)18(2,14)15/h3-4,6H,5H2,1-2H3,(H,12,13). The van der Waals surface area contributed by atoms with Gasteiger partial charge in [-0.2, -0.15) is 0 Å². The molecule has 1 atom stereocenters. The Bertz CT molecular complexity index is 604. The maximum Gasteiger partial charge on any atom is 0.310 e. The molecule has 0 bridgehead atoms. The molecule has 1 aromatic carbocycles. The van der Waals surface area contributed by atoms with Crippen LogP contribution >= 0.6 is 0 Å². The predicted octanol–water partition coefficient (Wildman–Crippen LogP) is 1.01. The molecular formula is C11H12O6S. The van der Waals surface area contributed by atoms with Crippen LogP contribution in [-0.2, 0) is 14.6 Å². The number of hydrogen-bond donors (Lipinski definition) is 1. The highest BCUT2D eigenvalue weighted by Gasteiger charge is 2.31. The highest BCUT2D eigenvalue weighted by Crippen LogP contribution is 2.42. The van der Waals surface area contributed by atoms with Gasteiger partial charge in [-0.05, 0) is 18.6 Å². The average Bonchev–Trinajstić information content (AvgIpc) is 2.72. The number of carboxylic acid groups (broad SMARTS) is 1. The molecule has 0 spiro atoms. The molecular weight excluding hydrogens is 260 g/mol. The minimum absolute atomic E-state index is 0.0667. The first-order valence-corrected chi connectivity index (χ1v) is 7.07. The third-order valence-corrected chi connectivity index (χ3v) is 3.89. The Kier molecular flexibility index (Phi) is 2.94. The fraction of sp³-hybridized carbons (Fsp3) is 0.364.